The number of carbonyl (C=O) groups is 2. The fourth-order valence-electron chi connectivity index (χ4n) is 2.27. The lowest BCUT2D eigenvalue weighted by molar-refractivity contribution is -0.116. The number of halogens is 1. The molecule has 1 saturated heterocycles. The quantitative estimate of drug-likeness (QED) is 0.752. The largest absolute Gasteiger partial charge is 0.326 e. The fraction of sp³-hybridized carbons (Fsp3) is 0.333. The number of sulfonamides is 1. The molecule has 0 radical (unpaired) electrons. The molecule has 1 aromatic rings. The molecule has 1 aromatic carbocycles. The number of amides is 2. The molecular weight excluding hydrogens is 337 g/mol. The van der Waals surface area contributed by atoms with Crippen LogP contribution in [-0.4, -0.2) is 43.4 Å². The summed E-state index contributed by atoms with van der Waals surface area (Å²) >= 11 is 0. The predicted molar refractivity (Wildman–Crippen MR) is 88.5 cm³/mol. The van der Waals surface area contributed by atoms with E-state index in [1.165, 1.54) is 16.4 Å². The molecule has 0 atom stereocenters. The Morgan fingerprint density at radius 3 is 2.71 bits per heavy atom. The van der Waals surface area contributed by atoms with Crippen LogP contribution >= 0.6 is 0 Å². The lowest BCUT2D eigenvalue weighted by Crippen LogP contribution is -2.29. The summed E-state index contributed by atoms with van der Waals surface area (Å²) in [5, 5.41) is 4.84. The van der Waals surface area contributed by atoms with Gasteiger partial charge >= 0.3 is 0 Å². The lowest BCUT2D eigenvalue weighted by atomic mass is 10.2. The first kappa shape index (κ1) is 18.1. The van der Waals surface area contributed by atoms with E-state index in [0.29, 0.717) is 18.7 Å². The minimum atomic E-state index is -3.24. The van der Waals surface area contributed by atoms with E-state index < -0.39 is 27.7 Å². The maximum Gasteiger partial charge on any atom is 0.247 e. The third-order valence-corrected chi connectivity index (χ3v) is 5.44. The first-order chi connectivity index (χ1) is 11.3. The number of nitrogens with one attached hydrogen (secondary N) is 2. The van der Waals surface area contributed by atoms with Gasteiger partial charge in [0.2, 0.25) is 21.8 Å². The van der Waals surface area contributed by atoms with E-state index in [0.717, 1.165) is 12.1 Å². The molecule has 2 rings (SSSR count). The SMILES string of the molecule is C=CC(=O)Nc1cc(NC(=O)CCN2CCCS2(=O)=O)ccc1F. The van der Waals surface area contributed by atoms with Crippen LogP contribution < -0.4 is 10.6 Å². The molecule has 1 fully saturated rings. The minimum absolute atomic E-state index is 0.00897. The van der Waals surface area contributed by atoms with Crippen molar-refractivity contribution in [3.8, 4) is 0 Å². The minimum Gasteiger partial charge on any atom is -0.326 e. The summed E-state index contributed by atoms with van der Waals surface area (Å²) in [6.07, 6.45) is 1.56. The van der Waals surface area contributed by atoms with E-state index in [9.17, 15) is 22.4 Å². The fourth-order valence-corrected chi connectivity index (χ4v) is 3.80. The standard InChI is InChI=1S/C15H18FN3O4S/c1-2-14(20)18-13-10-11(4-5-12(13)16)17-15(21)6-8-19-7-3-9-24(19,22)23/h2,4-5,10H,1,3,6-9H2,(H,17,21)(H,18,20). The van der Waals surface area contributed by atoms with Gasteiger partial charge in [0.15, 0.2) is 0 Å². The Labute approximate surface area is 139 Å². The Hall–Kier alpha value is -2.26. The Balaban J connectivity index is 1.95. The highest BCUT2D eigenvalue weighted by Gasteiger charge is 2.28. The highest BCUT2D eigenvalue weighted by atomic mass is 32.2. The average molecular weight is 355 g/mol. The zero-order valence-electron chi connectivity index (χ0n) is 12.9. The third-order valence-electron chi connectivity index (χ3n) is 3.48. The van der Waals surface area contributed by atoms with Gasteiger partial charge in [0.05, 0.1) is 11.4 Å². The Bertz CT molecular complexity index is 764. The van der Waals surface area contributed by atoms with E-state index in [1.54, 1.807) is 0 Å². The molecule has 0 unspecified atom stereocenters. The van der Waals surface area contributed by atoms with Crippen molar-refractivity contribution in [3.63, 3.8) is 0 Å². The second kappa shape index (κ2) is 7.54. The van der Waals surface area contributed by atoms with Gasteiger partial charge in [-0.2, -0.15) is 0 Å². The lowest BCUT2D eigenvalue weighted by Gasteiger charge is -2.14. The summed E-state index contributed by atoms with van der Waals surface area (Å²) in [4.78, 5) is 23.2. The second-order valence-corrected chi connectivity index (χ2v) is 7.34. The van der Waals surface area contributed by atoms with Gasteiger partial charge in [-0.1, -0.05) is 6.58 Å². The number of benzene rings is 1. The van der Waals surface area contributed by atoms with Crippen LogP contribution in [0, 0.1) is 5.82 Å². The molecule has 1 aliphatic heterocycles. The van der Waals surface area contributed by atoms with E-state index >= 15 is 0 Å². The smallest absolute Gasteiger partial charge is 0.247 e. The third kappa shape index (κ3) is 4.62. The summed E-state index contributed by atoms with van der Waals surface area (Å²) < 4.78 is 38.2. The van der Waals surface area contributed by atoms with Gasteiger partial charge in [0.25, 0.3) is 0 Å². The monoisotopic (exact) mass is 355 g/mol. The van der Waals surface area contributed by atoms with Gasteiger partial charge in [-0.15, -0.1) is 0 Å². The molecule has 9 heteroatoms. The molecule has 2 N–H and O–H groups in total. The number of hydrogen-bond donors (Lipinski definition) is 2. The normalized spacial score (nSPS) is 16.5. The van der Waals surface area contributed by atoms with Gasteiger partial charge in [0.1, 0.15) is 5.82 Å². The van der Waals surface area contributed by atoms with E-state index in [-0.39, 0.29) is 24.4 Å². The molecule has 0 saturated carbocycles. The van der Waals surface area contributed by atoms with Crippen molar-refractivity contribution in [2.75, 3.05) is 29.5 Å². The summed E-state index contributed by atoms with van der Waals surface area (Å²) in [6, 6.07) is 3.74. The van der Waals surface area contributed by atoms with Crippen LogP contribution in [0.3, 0.4) is 0 Å². The van der Waals surface area contributed by atoms with Crippen LogP contribution in [0.1, 0.15) is 12.8 Å². The zero-order valence-corrected chi connectivity index (χ0v) is 13.7. The summed E-state index contributed by atoms with van der Waals surface area (Å²) in [5.41, 5.74) is 0.213. The zero-order chi connectivity index (χ0) is 17.7. The summed E-state index contributed by atoms with van der Waals surface area (Å²) in [5.74, 6) is -1.51. The van der Waals surface area contributed by atoms with Crippen molar-refractivity contribution < 1.29 is 22.4 Å². The Kier molecular flexibility index (Phi) is 5.68. The first-order valence-electron chi connectivity index (χ1n) is 7.32. The molecule has 0 aliphatic carbocycles. The maximum absolute atomic E-state index is 13.6. The van der Waals surface area contributed by atoms with Gasteiger partial charge in [0, 0.05) is 25.2 Å². The van der Waals surface area contributed by atoms with Gasteiger partial charge in [-0.25, -0.2) is 17.1 Å². The highest BCUT2D eigenvalue weighted by Crippen LogP contribution is 2.20. The first-order valence-corrected chi connectivity index (χ1v) is 8.93. The highest BCUT2D eigenvalue weighted by molar-refractivity contribution is 7.89. The van der Waals surface area contributed by atoms with Crippen molar-refractivity contribution in [2.45, 2.75) is 12.8 Å². The van der Waals surface area contributed by atoms with E-state index in [4.69, 9.17) is 0 Å². The second-order valence-electron chi connectivity index (χ2n) is 5.25. The number of hydrogen-bond acceptors (Lipinski definition) is 4. The van der Waals surface area contributed by atoms with Crippen molar-refractivity contribution in [2.24, 2.45) is 0 Å². The van der Waals surface area contributed by atoms with Gasteiger partial charge < -0.3 is 10.6 Å². The van der Waals surface area contributed by atoms with E-state index in [1.807, 2.05) is 0 Å². The summed E-state index contributed by atoms with van der Waals surface area (Å²) in [7, 11) is -3.24. The molecule has 0 aromatic heterocycles. The molecule has 7 nitrogen and oxygen atoms in total. The molecular formula is C15H18FN3O4S. The molecule has 1 heterocycles. The number of carbonyl (C=O) groups excluding carboxylic acids is 2. The molecule has 0 bridgehead atoms. The molecule has 0 spiro atoms. The van der Waals surface area contributed by atoms with Crippen molar-refractivity contribution in [3.05, 3.63) is 36.7 Å². The van der Waals surface area contributed by atoms with Crippen molar-refractivity contribution in [1.82, 2.24) is 4.31 Å². The predicted octanol–water partition coefficient (Wildman–Crippen LogP) is 1.31. The van der Waals surface area contributed by atoms with Gasteiger partial charge in [-0.3, -0.25) is 9.59 Å². The summed E-state index contributed by atoms with van der Waals surface area (Å²) in [6.45, 7) is 3.80. The van der Waals surface area contributed by atoms with Crippen LogP contribution in [0.2, 0.25) is 0 Å². The molecule has 2 amide bonds. The Morgan fingerprint density at radius 2 is 2.08 bits per heavy atom. The number of rotatable bonds is 6. The van der Waals surface area contributed by atoms with Gasteiger partial charge in [-0.05, 0) is 30.7 Å². The topological polar surface area (TPSA) is 95.6 Å². The van der Waals surface area contributed by atoms with Crippen LogP contribution in [0.4, 0.5) is 15.8 Å². The van der Waals surface area contributed by atoms with Crippen LogP contribution in [0.15, 0.2) is 30.9 Å². The molecule has 1 aliphatic rings. The molecule has 130 valence electrons. The number of nitrogens with zero attached hydrogens (tertiary/aromatic N) is 1. The number of anilines is 2. The van der Waals surface area contributed by atoms with Crippen molar-refractivity contribution >= 4 is 33.2 Å². The molecule has 24 heavy (non-hydrogen) atoms. The van der Waals surface area contributed by atoms with E-state index in [2.05, 4.69) is 17.2 Å². The van der Waals surface area contributed by atoms with Crippen LogP contribution in [0.25, 0.3) is 0 Å². The van der Waals surface area contributed by atoms with Crippen LogP contribution in [-0.2, 0) is 19.6 Å². The van der Waals surface area contributed by atoms with Crippen molar-refractivity contribution in [1.29, 1.82) is 0 Å². The average Bonchev–Trinajstić information content (AvgIpc) is 2.87. The van der Waals surface area contributed by atoms with Crippen LogP contribution in [0.5, 0.6) is 0 Å². The maximum atomic E-state index is 13.6. The Morgan fingerprint density at radius 1 is 1.33 bits per heavy atom.